The summed E-state index contributed by atoms with van der Waals surface area (Å²) >= 11 is 0. The van der Waals surface area contributed by atoms with Gasteiger partial charge in [0.15, 0.2) is 0 Å². The van der Waals surface area contributed by atoms with Gasteiger partial charge in [-0.2, -0.15) is 0 Å². The van der Waals surface area contributed by atoms with Crippen LogP contribution in [0.25, 0.3) is 0 Å². The van der Waals surface area contributed by atoms with E-state index in [4.69, 9.17) is 4.74 Å². The Kier molecular flexibility index (Phi) is 4.74. The second-order valence-electron chi connectivity index (χ2n) is 4.90. The number of hydrogen-bond acceptors (Lipinski definition) is 4. The molecule has 1 aliphatic carbocycles. The van der Waals surface area contributed by atoms with Gasteiger partial charge in [-0.25, -0.2) is 0 Å². The normalized spacial score (nSPS) is 19.6. The maximum absolute atomic E-state index is 11.8. The number of rotatable bonds is 7. The molecule has 1 N–H and O–H groups in total. The molecule has 0 aliphatic heterocycles. The molecule has 16 heavy (non-hydrogen) atoms. The molecule has 0 saturated heterocycles. The maximum atomic E-state index is 11.8. The van der Waals surface area contributed by atoms with Gasteiger partial charge in [0, 0.05) is 12.6 Å². The lowest BCUT2D eigenvalue weighted by Gasteiger charge is -2.32. The van der Waals surface area contributed by atoms with Gasteiger partial charge < -0.3 is 15.0 Å². The van der Waals surface area contributed by atoms with Crippen LogP contribution in [0.4, 0.5) is 0 Å². The van der Waals surface area contributed by atoms with E-state index in [0.29, 0.717) is 12.6 Å². The van der Waals surface area contributed by atoms with E-state index < -0.39 is 5.54 Å². The summed E-state index contributed by atoms with van der Waals surface area (Å²) in [5.41, 5.74) is -0.581. The van der Waals surface area contributed by atoms with Crippen molar-refractivity contribution in [3.8, 4) is 0 Å². The molecule has 1 unspecified atom stereocenters. The SMILES string of the molecule is CCCNC(C)(CN(C)C1CC1)C(=O)OC. The predicted octanol–water partition coefficient (Wildman–Crippen LogP) is 1.01. The first kappa shape index (κ1) is 13.5. The fourth-order valence-corrected chi connectivity index (χ4v) is 1.96. The number of likely N-dealkylation sites (N-methyl/N-ethyl adjacent to an activating group) is 1. The lowest BCUT2D eigenvalue weighted by molar-refractivity contribution is -0.148. The molecule has 0 aromatic heterocycles. The molecular weight excluding hydrogens is 204 g/mol. The van der Waals surface area contributed by atoms with Crippen molar-refractivity contribution in [2.45, 2.75) is 44.7 Å². The summed E-state index contributed by atoms with van der Waals surface area (Å²) in [6.07, 6.45) is 3.52. The summed E-state index contributed by atoms with van der Waals surface area (Å²) in [6, 6.07) is 0.660. The van der Waals surface area contributed by atoms with Gasteiger partial charge in [-0.1, -0.05) is 6.92 Å². The van der Waals surface area contributed by atoms with Crippen molar-refractivity contribution < 1.29 is 9.53 Å². The predicted molar refractivity (Wildman–Crippen MR) is 64.4 cm³/mol. The minimum Gasteiger partial charge on any atom is -0.468 e. The average molecular weight is 228 g/mol. The van der Waals surface area contributed by atoms with Crippen molar-refractivity contribution >= 4 is 5.97 Å². The van der Waals surface area contributed by atoms with Crippen LogP contribution in [0, 0.1) is 0 Å². The van der Waals surface area contributed by atoms with E-state index in [-0.39, 0.29) is 5.97 Å². The van der Waals surface area contributed by atoms with Gasteiger partial charge in [-0.05, 0) is 39.8 Å². The largest absolute Gasteiger partial charge is 0.468 e. The number of carbonyl (C=O) groups excluding carboxylic acids is 1. The molecule has 0 heterocycles. The van der Waals surface area contributed by atoms with Crippen molar-refractivity contribution in [2.75, 3.05) is 27.2 Å². The van der Waals surface area contributed by atoms with E-state index in [0.717, 1.165) is 13.0 Å². The van der Waals surface area contributed by atoms with Crippen LogP contribution >= 0.6 is 0 Å². The summed E-state index contributed by atoms with van der Waals surface area (Å²) in [4.78, 5) is 14.1. The average Bonchev–Trinajstić information content (AvgIpc) is 3.08. The highest BCUT2D eigenvalue weighted by molar-refractivity contribution is 5.80. The first-order valence-electron chi connectivity index (χ1n) is 6.07. The number of methoxy groups -OCH3 is 1. The monoisotopic (exact) mass is 228 g/mol. The number of esters is 1. The van der Waals surface area contributed by atoms with Crippen molar-refractivity contribution in [3.05, 3.63) is 0 Å². The van der Waals surface area contributed by atoms with E-state index in [1.54, 1.807) is 0 Å². The number of ether oxygens (including phenoxy) is 1. The number of hydrogen-bond donors (Lipinski definition) is 1. The van der Waals surface area contributed by atoms with E-state index in [1.807, 2.05) is 6.92 Å². The van der Waals surface area contributed by atoms with Crippen LogP contribution in [-0.4, -0.2) is 49.7 Å². The minimum absolute atomic E-state index is 0.173. The van der Waals surface area contributed by atoms with Crippen LogP contribution in [0.1, 0.15) is 33.1 Å². The second kappa shape index (κ2) is 5.64. The number of carbonyl (C=O) groups is 1. The third-order valence-electron chi connectivity index (χ3n) is 3.14. The molecule has 1 fully saturated rings. The molecule has 94 valence electrons. The zero-order valence-electron chi connectivity index (χ0n) is 10.9. The molecule has 1 saturated carbocycles. The second-order valence-corrected chi connectivity index (χ2v) is 4.90. The zero-order chi connectivity index (χ0) is 12.2. The van der Waals surface area contributed by atoms with Crippen LogP contribution in [0.5, 0.6) is 0 Å². The summed E-state index contributed by atoms with van der Waals surface area (Å²) in [5.74, 6) is -0.173. The highest BCUT2D eigenvalue weighted by Crippen LogP contribution is 2.26. The minimum atomic E-state index is -0.581. The van der Waals surface area contributed by atoms with Crippen molar-refractivity contribution in [1.29, 1.82) is 0 Å². The highest BCUT2D eigenvalue weighted by atomic mass is 16.5. The highest BCUT2D eigenvalue weighted by Gasteiger charge is 2.38. The van der Waals surface area contributed by atoms with Crippen molar-refractivity contribution in [3.63, 3.8) is 0 Å². The Labute approximate surface area is 98.3 Å². The summed E-state index contributed by atoms with van der Waals surface area (Å²) < 4.78 is 4.89. The Morgan fingerprint density at radius 1 is 1.56 bits per heavy atom. The number of nitrogens with zero attached hydrogens (tertiary/aromatic N) is 1. The molecule has 0 radical (unpaired) electrons. The third-order valence-corrected chi connectivity index (χ3v) is 3.14. The molecule has 1 aliphatic rings. The molecule has 1 atom stereocenters. The molecule has 0 spiro atoms. The first-order chi connectivity index (χ1) is 7.53. The van der Waals surface area contributed by atoms with Crippen molar-refractivity contribution in [1.82, 2.24) is 10.2 Å². The van der Waals surface area contributed by atoms with Crippen LogP contribution in [0.2, 0.25) is 0 Å². The number of nitrogens with one attached hydrogen (secondary N) is 1. The fourth-order valence-electron chi connectivity index (χ4n) is 1.96. The molecule has 1 rings (SSSR count). The Bertz CT molecular complexity index is 241. The van der Waals surface area contributed by atoms with Gasteiger partial charge >= 0.3 is 5.97 Å². The molecule has 0 aromatic rings. The van der Waals surface area contributed by atoms with Gasteiger partial charge in [0.05, 0.1) is 7.11 Å². The quantitative estimate of drug-likeness (QED) is 0.660. The standard InChI is InChI=1S/C12H24N2O2/c1-5-8-13-12(2,11(15)16-4)9-14(3)10-6-7-10/h10,13H,5-9H2,1-4H3. The topological polar surface area (TPSA) is 41.6 Å². The van der Waals surface area contributed by atoms with Gasteiger partial charge in [-0.15, -0.1) is 0 Å². The molecular formula is C12H24N2O2. The molecule has 0 amide bonds. The van der Waals surface area contributed by atoms with Crippen LogP contribution in [0.15, 0.2) is 0 Å². The Morgan fingerprint density at radius 2 is 2.19 bits per heavy atom. The van der Waals surface area contributed by atoms with Gasteiger partial charge in [0.1, 0.15) is 5.54 Å². The Balaban J connectivity index is 2.56. The fraction of sp³-hybridized carbons (Fsp3) is 0.917. The Hall–Kier alpha value is -0.610. The lowest BCUT2D eigenvalue weighted by atomic mass is 10.0. The van der Waals surface area contributed by atoms with Crippen LogP contribution in [-0.2, 0) is 9.53 Å². The molecule has 4 heteroatoms. The van der Waals surface area contributed by atoms with E-state index in [2.05, 4.69) is 24.2 Å². The van der Waals surface area contributed by atoms with Crippen LogP contribution < -0.4 is 5.32 Å². The van der Waals surface area contributed by atoms with E-state index >= 15 is 0 Å². The van der Waals surface area contributed by atoms with E-state index in [1.165, 1.54) is 20.0 Å². The lowest BCUT2D eigenvalue weighted by Crippen LogP contribution is -2.57. The van der Waals surface area contributed by atoms with Gasteiger partial charge in [0.2, 0.25) is 0 Å². The first-order valence-corrected chi connectivity index (χ1v) is 6.07. The third kappa shape index (κ3) is 3.46. The summed E-state index contributed by atoms with van der Waals surface area (Å²) in [7, 11) is 3.53. The summed E-state index contributed by atoms with van der Waals surface area (Å²) in [6.45, 7) is 5.57. The van der Waals surface area contributed by atoms with Gasteiger partial charge in [0.25, 0.3) is 0 Å². The van der Waals surface area contributed by atoms with E-state index in [9.17, 15) is 4.79 Å². The molecule has 0 aromatic carbocycles. The smallest absolute Gasteiger partial charge is 0.327 e. The van der Waals surface area contributed by atoms with Crippen molar-refractivity contribution in [2.24, 2.45) is 0 Å². The zero-order valence-corrected chi connectivity index (χ0v) is 10.9. The van der Waals surface area contributed by atoms with Crippen LogP contribution in [0.3, 0.4) is 0 Å². The Morgan fingerprint density at radius 3 is 2.62 bits per heavy atom. The maximum Gasteiger partial charge on any atom is 0.327 e. The van der Waals surface area contributed by atoms with Gasteiger partial charge in [-0.3, -0.25) is 4.79 Å². The summed E-state index contributed by atoms with van der Waals surface area (Å²) in [5, 5.41) is 3.29. The molecule has 4 nitrogen and oxygen atoms in total. The molecule has 0 bridgehead atoms.